The van der Waals surface area contributed by atoms with Crippen LogP contribution < -0.4 is 0 Å². The van der Waals surface area contributed by atoms with Gasteiger partial charge in [0, 0.05) is 33.6 Å². The number of ether oxygens (including phenoxy) is 2. The molecule has 7 heteroatoms. The highest BCUT2D eigenvalue weighted by molar-refractivity contribution is 6.08. The third-order valence-electron chi connectivity index (χ3n) is 2.35. The Kier molecular flexibility index (Phi) is 4.08. The van der Waals surface area contributed by atoms with Gasteiger partial charge in [-0.25, -0.2) is 14.5 Å². The summed E-state index contributed by atoms with van der Waals surface area (Å²) in [7, 11) is 4.26. The Labute approximate surface area is 127 Å². The number of rotatable bonds is 2. The molecule has 0 aliphatic carbocycles. The van der Waals surface area contributed by atoms with Gasteiger partial charge in [-0.1, -0.05) is 0 Å². The van der Waals surface area contributed by atoms with Crippen molar-refractivity contribution in [1.29, 1.82) is 0 Å². The summed E-state index contributed by atoms with van der Waals surface area (Å²) >= 11 is 0. The van der Waals surface area contributed by atoms with Gasteiger partial charge in [-0.2, -0.15) is 0 Å². The molecule has 0 N–H and O–H groups in total. The Morgan fingerprint density at radius 1 is 1.48 bits per heavy atom. The summed E-state index contributed by atoms with van der Waals surface area (Å²) in [6.45, 7) is 4.76. The van der Waals surface area contributed by atoms with Crippen molar-refractivity contribution in [3.8, 4) is 0 Å². The maximum absolute atomic E-state index is 12.5. The summed E-state index contributed by atoms with van der Waals surface area (Å²) in [5.41, 5.74) is -1.10. The molecular formula is C14H22N2O5. The van der Waals surface area contributed by atoms with Crippen molar-refractivity contribution in [2.24, 2.45) is 0 Å². The van der Waals surface area contributed by atoms with E-state index in [-0.39, 0.29) is 5.57 Å². The summed E-state index contributed by atoms with van der Waals surface area (Å²) in [4.78, 5) is 38.7. The molecule has 1 heterocycles. The molecule has 0 aromatic rings. The minimum Gasteiger partial charge on any atom is -0.467 e. The van der Waals surface area contributed by atoms with E-state index in [1.54, 1.807) is 34.9 Å². The van der Waals surface area contributed by atoms with E-state index in [0.29, 0.717) is 4.90 Å². The van der Waals surface area contributed by atoms with Crippen molar-refractivity contribution in [3.63, 3.8) is 0 Å². The van der Waals surface area contributed by atoms with Gasteiger partial charge in [-0.05, 0) is 20.8 Å². The molecule has 7 nitrogen and oxygen atoms in total. The molecule has 2 atom stereocenters. The zero-order valence-electron chi connectivity index (χ0n) is 15.1. The lowest BCUT2D eigenvalue weighted by molar-refractivity contribution is -0.148. The van der Waals surface area contributed by atoms with E-state index in [4.69, 9.17) is 7.48 Å². The van der Waals surface area contributed by atoms with Crippen LogP contribution in [0.3, 0.4) is 0 Å². The minimum atomic E-state index is -2.53. The molecule has 118 valence electrons. The summed E-state index contributed by atoms with van der Waals surface area (Å²) in [5.74, 6) is -2.10. The van der Waals surface area contributed by atoms with Crippen molar-refractivity contribution in [2.75, 3.05) is 21.2 Å². The molecule has 1 saturated heterocycles. The van der Waals surface area contributed by atoms with Crippen LogP contribution in [0.5, 0.6) is 0 Å². The van der Waals surface area contributed by atoms with Crippen molar-refractivity contribution < 1.29 is 26.6 Å². The molecule has 1 rings (SSSR count). The molecular weight excluding hydrogens is 276 g/mol. The summed E-state index contributed by atoms with van der Waals surface area (Å²) in [6, 6.07) is -2.53. The predicted octanol–water partition coefficient (Wildman–Crippen LogP) is 1.14. The number of hydrogen-bond donors (Lipinski definition) is 0. The van der Waals surface area contributed by atoms with Crippen LogP contribution in [0.4, 0.5) is 4.79 Å². The summed E-state index contributed by atoms with van der Waals surface area (Å²) in [5, 5.41) is 0. The maximum Gasteiger partial charge on any atom is 0.418 e. The van der Waals surface area contributed by atoms with E-state index < -0.39 is 36.0 Å². The van der Waals surface area contributed by atoms with E-state index in [9.17, 15) is 14.4 Å². The molecule has 0 spiro atoms. The van der Waals surface area contributed by atoms with Crippen LogP contribution >= 0.6 is 0 Å². The van der Waals surface area contributed by atoms with Crippen LogP contribution in [-0.4, -0.2) is 60.6 Å². The van der Waals surface area contributed by atoms with E-state index in [2.05, 4.69) is 4.74 Å². The Bertz CT molecular complexity index is 556. The van der Waals surface area contributed by atoms with Crippen molar-refractivity contribution in [2.45, 2.75) is 38.8 Å². The van der Waals surface area contributed by atoms with E-state index in [1.165, 1.54) is 11.1 Å². The number of carbonyl (C=O) groups excluding carboxylic acids is 3. The van der Waals surface area contributed by atoms with Crippen LogP contribution in [0, 0.1) is 0 Å². The molecule has 1 aliphatic rings. The molecule has 0 radical (unpaired) electrons. The topological polar surface area (TPSA) is 76.2 Å². The van der Waals surface area contributed by atoms with Crippen LogP contribution in [0.15, 0.2) is 11.8 Å². The largest absolute Gasteiger partial charge is 0.467 e. The number of nitrogens with zero attached hydrogens (tertiary/aromatic N) is 2. The minimum absolute atomic E-state index is 0.166. The van der Waals surface area contributed by atoms with Crippen LogP contribution in [0.2, 0.25) is 0 Å². The summed E-state index contributed by atoms with van der Waals surface area (Å²) in [6.07, 6.45) is -1.48. The maximum atomic E-state index is 12.5. The fourth-order valence-corrected chi connectivity index (χ4v) is 1.63. The molecule has 1 fully saturated rings. The van der Waals surface area contributed by atoms with Gasteiger partial charge in [0.25, 0.3) is 5.91 Å². The number of esters is 1. The highest BCUT2D eigenvalue weighted by Gasteiger charge is 2.46. The lowest BCUT2D eigenvalue weighted by atomic mass is 10.1. The van der Waals surface area contributed by atoms with Crippen LogP contribution in [0.25, 0.3) is 0 Å². The van der Waals surface area contributed by atoms with Crippen LogP contribution in [0.1, 0.15) is 29.9 Å². The van der Waals surface area contributed by atoms with E-state index in [1.807, 2.05) is 0 Å². The predicted molar refractivity (Wildman–Crippen MR) is 75.3 cm³/mol. The third kappa shape index (κ3) is 4.21. The van der Waals surface area contributed by atoms with Gasteiger partial charge >= 0.3 is 12.1 Å². The molecule has 0 bridgehead atoms. The fraction of sp³-hybridized carbons (Fsp3) is 0.643. The normalized spacial score (nSPS) is 29.0. The van der Waals surface area contributed by atoms with Gasteiger partial charge in [0.15, 0.2) is 0 Å². The standard InChI is InChI=1S/C14H22N2O5/c1-14(2,3)21-13(19)16-10(12(18)20-6)7-9(11(16)17)8-15(4)5/h8,10H,7H2,1-6H3/b9-8+/t10-/m0/s1/i7D,10D/t7-,10+/m1. The molecule has 0 aromatic carbocycles. The molecule has 0 saturated carbocycles. The number of hydrogen-bond acceptors (Lipinski definition) is 6. The first-order chi connectivity index (χ1) is 10.4. The highest BCUT2D eigenvalue weighted by Crippen LogP contribution is 2.27. The Morgan fingerprint density at radius 3 is 2.48 bits per heavy atom. The smallest absolute Gasteiger partial charge is 0.418 e. The lowest BCUT2D eigenvalue weighted by Crippen LogP contribution is -2.45. The number of carbonyl (C=O) groups is 3. The molecule has 2 amide bonds. The average Bonchev–Trinajstić information content (AvgIpc) is 2.57. The quantitative estimate of drug-likeness (QED) is 0.562. The third-order valence-corrected chi connectivity index (χ3v) is 2.35. The molecule has 0 aromatic heterocycles. The van der Waals surface area contributed by atoms with Crippen LogP contribution in [-0.2, 0) is 19.1 Å². The van der Waals surface area contributed by atoms with Gasteiger partial charge < -0.3 is 14.4 Å². The first-order valence-electron chi connectivity index (χ1n) is 7.40. The van der Waals surface area contributed by atoms with Gasteiger partial charge in [-0.15, -0.1) is 0 Å². The second-order valence-electron chi connectivity index (χ2n) is 5.69. The Balaban J connectivity index is 3.41. The monoisotopic (exact) mass is 300 g/mol. The first-order valence-corrected chi connectivity index (χ1v) is 6.32. The second-order valence-corrected chi connectivity index (χ2v) is 5.69. The fourth-order valence-electron chi connectivity index (χ4n) is 1.63. The SMILES string of the molecule is [2H][C@@H]1/C(=C\N(C)C)C(=O)N(C(=O)OC(C)(C)C)[C@]1([2H])C(=O)OC. The van der Waals surface area contributed by atoms with Gasteiger partial charge in [0.2, 0.25) is 0 Å². The van der Waals surface area contributed by atoms with Gasteiger partial charge in [-0.3, -0.25) is 4.79 Å². The molecule has 1 aliphatic heterocycles. The summed E-state index contributed by atoms with van der Waals surface area (Å²) < 4.78 is 26.0. The number of likely N-dealkylation sites (tertiary alicyclic amines) is 1. The zero-order chi connectivity index (χ0) is 18.2. The first kappa shape index (κ1) is 13.9. The molecule has 21 heavy (non-hydrogen) atoms. The number of methoxy groups -OCH3 is 1. The van der Waals surface area contributed by atoms with Gasteiger partial charge in [0.05, 0.1) is 8.48 Å². The van der Waals surface area contributed by atoms with Crippen molar-refractivity contribution in [1.82, 2.24) is 9.80 Å². The highest BCUT2D eigenvalue weighted by atomic mass is 16.6. The van der Waals surface area contributed by atoms with E-state index >= 15 is 0 Å². The number of imide groups is 1. The van der Waals surface area contributed by atoms with Crippen molar-refractivity contribution in [3.05, 3.63) is 11.8 Å². The second kappa shape index (κ2) is 6.15. The number of amides is 2. The Hall–Kier alpha value is -2.05. The van der Waals surface area contributed by atoms with Gasteiger partial charge in [0.1, 0.15) is 11.6 Å². The lowest BCUT2D eigenvalue weighted by Gasteiger charge is -2.25. The zero-order valence-corrected chi connectivity index (χ0v) is 13.1. The Morgan fingerprint density at radius 2 is 2.05 bits per heavy atom. The van der Waals surface area contributed by atoms with E-state index in [0.717, 1.165) is 7.11 Å². The van der Waals surface area contributed by atoms with Crippen molar-refractivity contribution >= 4 is 18.0 Å². The average molecular weight is 300 g/mol. The molecule has 0 unspecified atom stereocenters.